The van der Waals surface area contributed by atoms with Crippen molar-refractivity contribution in [3.05, 3.63) is 60.2 Å². The monoisotopic (exact) mass is 305 g/mol. The van der Waals surface area contributed by atoms with E-state index < -0.39 is 0 Å². The van der Waals surface area contributed by atoms with Crippen LogP contribution in [0, 0.1) is 0 Å². The third-order valence-electron chi connectivity index (χ3n) is 3.04. The van der Waals surface area contributed by atoms with Crippen molar-refractivity contribution >= 4 is 23.8 Å². The maximum Gasteiger partial charge on any atom is 0.225 e. The van der Waals surface area contributed by atoms with E-state index in [-0.39, 0.29) is 11.9 Å². The fourth-order valence-electron chi connectivity index (χ4n) is 2.02. The maximum absolute atomic E-state index is 5.63. The minimum atomic E-state index is 0.0788. The normalized spacial score (nSPS) is 10.8. The molecule has 7 nitrogen and oxygen atoms in total. The van der Waals surface area contributed by atoms with Gasteiger partial charge in [-0.25, -0.2) is 0 Å². The minimum Gasteiger partial charge on any atom is -0.368 e. The van der Waals surface area contributed by atoms with Crippen LogP contribution in [0.25, 0.3) is 11.4 Å². The number of nitrogen functional groups attached to an aromatic ring is 2. The lowest BCUT2D eigenvalue weighted by Crippen LogP contribution is -2.05. The van der Waals surface area contributed by atoms with Crippen LogP contribution in [-0.2, 0) is 0 Å². The zero-order valence-electron chi connectivity index (χ0n) is 12.2. The Morgan fingerprint density at radius 3 is 2.22 bits per heavy atom. The Morgan fingerprint density at radius 2 is 1.48 bits per heavy atom. The predicted octanol–water partition coefficient (Wildman–Crippen LogP) is 2.15. The fraction of sp³-hybridized carbons (Fsp3) is 0. The number of nitrogens with two attached hydrogens (primary N) is 2. The van der Waals surface area contributed by atoms with E-state index in [4.69, 9.17) is 11.5 Å². The van der Waals surface area contributed by atoms with Crippen LogP contribution in [0.15, 0.2) is 59.7 Å². The highest BCUT2D eigenvalue weighted by molar-refractivity contribution is 5.81. The second kappa shape index (κ2) is 6.52. The van der Waals surface area contributed by atoms with Crippen LogP contribution in [0.5, 0.6) is 0 Å². The fourth-order valence-corrected chi connectivity index (χ4v) is 2.02. The van der Waals surface area contributed by atoms with Crippen molar-refractivity contribution in [2.45, 2.75) is 0 Å². The van der Waals surface area contributed by atoms with E-state index in [1.807, 2.05) is 54.6 Å². The highest BCUT2D eigenvalue weighted by Crippen LogP contribution is 2.25. The summed E-state index contributed by atoms with van der Waals surface area (Å²) in [6.07, 6.45) is 1.73. The van der Waals surface area contributed by atoms with E-state index >= 15 is 0 Å². The van der Waals surface area contributed by atoms with Crippen molar-refractivity contribution in [2.24, 2.45) is 5.10 Å². The van der Waals surface area contributed by atoms with Crippen molar-refractivity contribution in [1.29, 1.82) is 0 Å². The molecule has 7 heteroatoms. The molecule has 3 rings (SSSR count). The highest BCUT2D eigenvalue weighted by Gasteiger charge is 2.09. The van der Waals surface area contributed by atoms with Gasteiger partial charge in [0.1, 0.15) is 0 Å². The van der Waals surface area contributed by atoms with Crippen molar-refractivity contribution in [3.63, 3.8) is 0 Å². The summed E-state index contributed by atoms with van der Waals surface area (Å²) in [4.78, 5) is 12.0. The van der Waals surface area contributed by atoms with E-state index in [0.29, 0.717) is 5.82 Å². The topological polar surface area (TPSA) is 115 Å². The average Bonchev–Trinajstić information content (AvgIpc) is 2.55. The molecule has 23 heavy (non-hydrogen) atoms. The molecule has 0 aliphatic rings. The van der Waals surface area contributed by atoms with Crippen molar-refractivity contribution in [3.8, 4) is 11.4 Å². The molecule has 0 saturated heterocycles. The van der Waals surface area contributed by atoms with Crippen molar-refractivity contribution in [1.82, 2.24) is 15.0 Å². The molecule has 0 amide bonds. The first-order valence-corrected chi connectivity index (χ1v) is 6.93. The molecule has 0 aliphatic heterocycles. The first-order chi connectivity index (χ1) is 11.2. The van der Waals surface area contributed by atoms with Gasteiger partial charge in [-0.3, -0.25) is 5.43 Å². The average molecular weight is 305 g/mol. The van der Waals surface area contributed by atoms with Crippen LogP contribution in [0.2, 0.25) is 0 Å². The van der Waals surface area contributed by atoms with Crippen LogP contribution in [-0.4, -0.2) is 21.2 Å². The standard InChI is InChI=1S/C16H15N7/c17-15-20-14(21-16(18)22-15)12-8-4-5-9-13(12)23-19-10-11-6-2-1-3-7-11/h1-10,23H,(H4,17,18,20,21,22)/b19-10-. The quantitative estimate of drug-likeness (QED) is 0.502. The Balaban J connectivity index is 1.87. The molecule has 114 valence electrons. The Bertz CT molecular complexity index is 811. The van der Waals surface area contributed by atoms with Crippen molar-refractivity contribution < 1.29 is 0 Å². The zero-order valence-corrected chi connectivity index (χ0v) is 12.2. The van der Waals surface area contributed by atoms with Gasteiger partial charge in [0.15, 0.2) is 5.82 Å². The van der Waals surface area contributed by atoms with Gasteiger partial charge in [0.2, 0.25) is 11.9 Å². The smallest absolute Gasteiger partial charge is 0.225 e. The van der Waals surface area contributed by atoms with Crippen LogP contribution >= 0.6 is 0 Å². The number of hydrogen-bond acceptors (Lipinski definition) is 7. The van der Waals surface area contributed by atoms with Crippen LogP contribution in [0.4, 0.5) is 17.6 Å². The maximum atomic E-state index is 5.63. The molecule has 1 aromatic heterocycles. The van der Waals surface area contributed by atoms with Gasteiger partial charge >= 0.3 is 0 Å². The molecule has 5 N–H and O–H groups in total. The number of anilines is 3. The second-order valence-corrected chi connectivity index (χ2v) is 4.70. The lowest BCUT2D eigenvalue weighted by Gasteiger charge is -2.08. The zero-order chi connectivity index (χ0) is 16.1. The highest BCUT2D eigenvalue weighted by atomic mass is 15.3. The summed E-state index contributed by atoms with van der Waals surface area (Å²) >= 11 is 0. The third kappa shape index (κ3) is 3.59. The van der Waals surface area contributed by atoms with Crippen LogP contribution in [0.1, 0.15) is 5.56 Å². The number of benzene rings is 2. The second-order valence-electron chi connectivity index (χ2n) is 4.70. The first-order valence-electron chi connectivity index (χ1n) is 6.93. The van der Waals surface area contributed by atoms with E-state index in [0.717, 1.165) is 16.8 Å². The summed E-state index contributed by atoms with van der Waals surface area (Å²) in [7, 11) is 0. The molecular weight excluding hydrogens is 290 g/mol. The number of nitrogens with zero attached hydrogens (tertiary/aromatic N) is 4. The van der Waals surface area contributed by atoms with Gasteiger partial charge < -0.3 is 11.5 Å². The summed E-state index contributed by atoms with van der Waals surface area (Å²) < 4.78 is 0. The largest absolute Gasteiger partial charge is 0.368 e. The summed E-state index contributed by atoms with van der Waals surface area (Å²) in [5, 5.41) is 4.23. The summed E-state index contributed by atoms with van der Waals surface area (Å²) in [5.74, 6) is 0.554. The van der Waals surface area contributed by atoms with Gasteiger partial charge in [0.05, 0.1) is 11.9 Å². The molecular formula is C16H15N7. The molecule has 0 atom stereocenters. The number of aromatic nitrogens is 3. The molecule has 0 unspecified atom stereocenters. The van der Waals surface area contributed by atoms with Crippen LogP contribution in [0.3, 0.4) is 0 Å². The molecule has 3 aromatic rings. The molecule has 0 fully saturated rings. The first kappa shape index (κ1) is 14.5. The van der Waals surface area contributed by atoms with Gasteiger partial charge in [0, 0.05) is 5.56 Å². The molecule has 0 radical (unpaired) electrons. The van der Waals surface area contributed by atoms with E-state index in [1.165, 1.54) is 0 Å². The lowest BCUT2D eigenvalue weighted by molar-refractivity contribution is 1.09. The van der Waals surface area contributed by atoms with Gasteiger partial charge in [-0.05, 0) is 17.7 Å². The number of rotatable bonds is 4. The molecule has 0 spiro atoms. The molecule has 2 aromatic carbocycles. The Hall–Kier alpha value is -3.48. The predicted molar refractivity (Wildman–Crippen MR) is 91.7 cm³/mol. The van der Waals surface area contributed by atoms with Crippen LogP contribution < -0.4 is 16.9 Å². The van der Waals surface area contributed by atoms with E-state index in [1.54, 1.807) is 6.21 Å². The summed E-state index contributed by atoms with van der Waals surface area (Å²) in [6.45, 7) is 0. The van der Waals surface area contributed by atoms with Gasteiger partial charge in [0.25, 0.3) is 0 Å². The number of para-hydroxylation sites is 1. The van der Waals surface area contributed by atoms with Gasteiger partial charge in [-0.2, -0.15) is 20.1 Å². The minimum absolute atomic E-state index is 0.0788. The Kier molecular flexibility index (Phi) is 4.10. The van der Waals surface area contributed by atoms with Gasteiger partial charge in [-0.1, -0.05) is 42.5 Å². The Labute approximate surface area is 133 Å². The van der Waals surface area contributed by atoms with Crippen molar-refractivity contribution in [2.75, 3.05) is 16.9 Å². The molecule has 1 heterocycles. The molecule has 0 saturated carbocycles. The number of hydrazone groups is 1. The third-order valence-corrected chi connectivity index (χ3v) is 3.04. The molecule has 0 aliphatic carbocycles. The lowest BCUT2D eigenvalue weighted by atomic mass is 10.1. The van der Waals surface area contributed by atoms with E-state index in [9.17, 15) is 0 Å². The van der Waals surface area contributed by atoms with Gasteiger partial charge in [-0.15, -0.1) is 0 Å². The number of nitrogens with one attached hydrogen (secondary N) is 1. The SMILES string of the molecule is Nc1nc(N)nc(-c2ccccc2N/N=C\c2ccccc2)n1. The summed E-state index contributed by atoms with van der Waals surface area (Å²) in [5.41, 5.74) is 16.7. The number of hydrogen-bond donors (Lipinski definition) is 3. The molecule has 0 bridgehead atoms. The summed E-state index contributed by atoms with van der Waals surface area (Å²) in [6, 6.07) is 17.3. The Morgan fingerprint density at radius 1 is 0.826 bits per heavy atom. The van der Waals surface area contributed by atoms with E-state index in [2.05, 4.69) is 25.5 Å².